The molecule has 0 N–H and O–H groups in total. The van der Waals surface area contributed by atoms with Crippen LogP contribution in [0.3, 0.4) is 0 Å². The Balaban J connectivity index is 1.42. The fourth-order valence-corrected chi connectivity index (χ4v) is 4.37. The maximum atomic E-state index is 5.58. The Hall–Kier alpha value is -3.00. The van der Waals surface area contributed by atoms with E-state index < -0.39 is 0 Å². The topological polar surface area (TPSA) is 70.7 Å². The third-order valence-corrected chi connectivity index (χ3v) is 5.93. The van der Waals surface area contributed by atoms with Crippen molar-refractivity contribution in [2.45, 2.75) is 46.7 Å². The van der Waals surface area contributed by atoms with Crippen molar-refractivity contribution < 1.29 is 4.74 Å². The molecule has 0 saturated carbocycles. The molecular weight excluding hydrogens is 396 g/mol. The predicted octanol–water partition coefficient (Wildman–Crippen LogP) is 4.20. The third kappa shape index (κ3) is 4.59. The van der Waals surface area contributed by atoms with E-state index >= 15 is 0 Å². The van der Waals surface area contributed by atoms with E-state index in [-0.39, 0.29) is 6.04 Å². The lowest BCUT2D eigenvalue weighted by atomic mass is 10.2. The summed E-state index contributed by atoms with van der Waals surface area (Å²) in [6.45, 7) is 9.53. The zero-order valence-electron chi connectivity index (χ0n) is 17.7. The van der Waals surface area contributed by atoms with Gasteiger partial charge in [0, 0.05) is 18.3 Å². The number of aromatic nitrogens is 6. The molecule has 3 heterocycles. The van der Waals surface area contributed by atoms with Crippen LogP contribution in [0.4, 0.5) is 0 Å². The van der Waals surface area contributed by atoms with Crippen LogP contribution >= 0.6 is 11.3 Å². The molecule has 0 fully saturated rings. The minimum atomic E-state index is 0.0696. The van der Waals surface area contributed by atoms with Gasteiger partial charge in [-0.2, -0.15) is 10.2 Å². The van der Waals surface area contributed by atoms with Gasteiger partial charge in [0.25, 0.3) is 0 Å². The van der Waals surface area contributed by atoms with Crippen molar-refractivity contribution in [2.24, 2.45) is 0 Å². The van der Waals surface area contributed by atoms with Crippen LogP contribution in [0.15, 0.2) is 42.6 Å². The van der Waals surface area contributed by atoms with Gasteiger partial charge in [0.2, 0.25) is 0 Å². The van der Waals surface area contributed by atoms with Crippen LogP contribution in [-0.2, 0) is 13.0 Å². The third-order valence-electron chi connectivity index (χ3n) is 4.83. The van der Waals surface area contributed by atoms with Crippen LogP contribution in [-0.4, -0.2) is 36.4 Å². The molecule has 4 aromatic rings. The minimum absolute atomic E-state index is 0.0696. The van der Waals surface area contributed by atoms with Gasteiger partial charge in [0.15, 0.2) is 0 Å². The Labute approximate surface area is 180 Å². The molecule has 0 radical (unpaired) electrons. The van der Waals surface area contributed by atoms with E-state index in [4.69, 9.17) is 9.84 Å². The molecule has 0 amide bonds. The number of aryl methyl sites for hydroxylation is 2. The van der Waals surface area contributed by atoms with E-state index in [1.165, 1.54) is 0 Å². The molecular formula is C22H26N6OS. The summed E-state index contributed by atoms with van der Waals surface area (Å²) in [5, 5.41) is 20.0. The predicted molar refractivity (Wildman–Crippen MR) is 117 cm³/mol. The molecule has 3 aromatic heterocycles. The lowest BCUT2D eigenvalue weighted by molar-refractivity contribution is 0.340. The molecule has 4 rings (SSSR count). The van der Waals surface area contributed by atoms with Crippen molar-refractivity contribution in [2.75, 3.05) is 6.61 Å². The van der Waals surface area contributed by atoms with Gasteiger partial charge in [-0.1, -0.05) is 23.5 Å². The summed E-state index contributed by atoms with van der Waals surface area (Å²) in [4.78, 5) is 0. The molecule has 0 saturated heterocycles. The molecule has 1 atom stereocenters. The van der Waals surface area contributed by atoms with Gasteiger partial charge in [-0.15, -0.1) is 10.2 Å². The highest BCUT2D eigenvalue weighted by atomic mass is 32.1. The number of nitrogens with zero attached hydrogens (tertiary/aromatic N) is 6. The van der Waals surface area contributed by atoms with Gasteiger partial charge < -0.3 is 4.74 Å². The first-order chi connectivity index (χ1) is 14.5. The molecule has 0 spiro atoms. The van der Waals surface area contributed by atoms with E-state index in [2.05, 4.69) is 47.3 Å². The molecule has 0 aliphatic rings. The zero-order chi connectivity index (χ0) is 21.1. The summed E-state index contributed by atoms with van der Waals surface area (Å²) < 4.78 is 9.53. The van der Waals surface area contributed by atoms with Gasteiger partial charge in [-0.3, -0.25) is 9.36 Å². The highest BCUT2D eigenvalue weighted by Crippen LogP contribution is 2.24. The van der Waals surface area contributed by atoms with E-state index in [1.54, 1.807) is 11.3 Å². The quantitative estimate of drug-likeness (QED) is 0.426. The van der Waals surface area contributed by atoms with E-state index in [1.807, 2.05) is 47.6 Å². The van der Waals surface area contributed by atoms with Gasteiger partial charge in [0.1, 0.15) is 21.8 Å². The summed E-state index contributed by atoms with van der Waals surface area (Å²) in [5.74, 6) is 0.889. The van der Waals surface area contributed by atoms with Gasteiger partial charge >= 0.3 is 0 Å². The van der Waals surface area contributed by atoms with Crippen LogP contribution in [0.5, 0.6) is 5.75 Å². The molecule has 1 unspecified atom stereocenters. The van der Waals surface area contributed by atoms with Gasteiger partial charge in [0.05, 0.1) is 24.5 Å². The summed E-state index contributed by atoms with van der Waals surface area (Å²) >= 11 is 1.62. The van der Waals surface area contributed by atoms with Crippen molar-refractivity contribution in [3.8, 4) is 5.75 Å². The van der Waals surface area contributed by atoms with Crippen molar-refractivity contribution in [3.63, 3.8) is 0 Å². The summed E-state index contributed by atoms with van der Waals surface area (Å²) in [6, 6.07) is 12.3. The van der Waals surface area contributed by atoms with Crippen molar-refractivity contribution >= 4 is 11.3 Å². The second-order valence-electron chi connectivity index (χ2n) is 7.34. The molecule has 7 nitrogen and oxygen atoms in total. The standard InChI is InChI=1S/C22H26N6OS/c1-5-29-20-8-6-7-18(12-20)14-27-10-9-19(26-27)13-21-23-24-22(30-21)17(4)28-16(3)11-15(2)25-28/h6-12,17H,5,13-14H2,1-4H3. The SMILES string of the molecule is CCOc1cccc(Cn2ccc(Cc3nnc(C(C)n4nc(C)cc4C)s3)n2)c1. The maximum absolute atomic E-state index is 5.58. The summed E-state index contributed by atoms with van der Waals surface area (Å²) in [7, 11) is 0. The number of benzene rings is 1. The number of ether oxygens (including phenoxy) is 1. The fraction of sp³-hybridized carbons (Fsp3) is 0.364. The Morgan fingerprint density at radius 1 is 1.10 bits per heavy atom. The summed E-state index contributed by atoms with van der Waals surface area (Å²) in [5.41, 5.74) is 4.29. The van der Waals surface area contributed by atoms with Gasteiger partial charge in [-0.05, 0) is 57.5 Å². The first-order valence-electron chi connectivity index (χ1n) is 10.1. The second-order valence-corrected chi connectivity index (χ2v) is 8.44. The molecule has 0 aliphatic carbocycles. The van der Waals surface area contributed by atoms with E-state index in [0.717, 1.165) is 38.4 Å². The monoisotopic (exact) mass is 422 g/mol. The smallest absolute Gasteiger partial charge is 0.141 e. The highest BCUT2D eigenvalue weighted by Gasteiger charge is 2.17. The number of hydrogen-bond donors (Lipinski definition) is 0. The van der Waals surface area contributed by atoms with Crippen LogP contribution in [0, 0.1) is 13.8 Å². The zero-order valence-corrected chi connectivity index (χ0v) is 18.6. The van der Waals surface area contributed by atoms with E-state index in [0.29, 0.717) is 19.6 Å². The van der Waals surface area contributed by atoms with E-state index in [9.17, 15) is 0 Å². The number of rotatable bonds is 8. The normalized spacial score (nSPS) is 12.3. The molecule has 8 heteroatoms. The lowest BCUT2D eigenvalue weighted by Gasteiger charge is -2.10. The average Bonchev–Trinajstić information content (AvgIpc) is 3.43. The van der Waals surface area contributed by atoms with Crippen molar-refractivity contribution in [1.82, 2.24) is 29.8 Å². The largest absolute Gasteiger partial charge is 0.494 e. The first-order valence-corrected chi connectivity index (χ1v) is 10.9. The molecule has 30 heavy (non-hydrogen) atoms. The van der Waals surface area contributed by atoms with Crippen molar-refractivity contribution in [3.05, 3.63) is 75.3 Å². The lowest BCUT2D eigenvalue weighted by Crippen LogP contribution is -2.10. The maximum Gasteiger partial charge on any atom is 0.141 e. The van der Waals surface area contributed by atoms with Crippen LogP contribution in [0.25, 0.3) is 0 Å². The van der Waals surface area contributed by atoms with Crippen LogP contribution in [0.2, 0.25) is 0 Å². The highest BCUT2D eigenvalue weighted by molar-refractivity contribution is 7.11. The Morgan fingerprint density at radius 3 is 2.73 bits per heavy atom. The number of hydrogen-bond acceptors (Lipinski definition) is 6. The van der Waals surface area contributed by atoms with Crippen molar-refractivity contribution in [1.29, 1.82) is 0 Å². The minimum Gasteiger partial charge on any atom is -0.494 e. The van der Waals surface area contributed by atoms with Gasteiger partial charge in [-0.25, -0.2) is 0 Å². The Bertz CT molecular complexity index is 1130. The molecule has 156 valence electrons. The van der Waals surface area contributed by atoms with Crippen LogP contribution < -0.4 is 4.74 Å². The summed E-state index contributed by atoms with van der Waals surface area (Å²) in [6.07, 6.45) is 2.68. The Kier molecular flexibility index (Phi) is 5.94. The molecule has 1 aromatic carbocycles. The Morgan fingerprint density at radius 2 is 1.97 bits per heavy atom. The average molecular weight is 423 g/mol. The van der Waals surface area contributed by atoms with Crippen LogP contribution in [0.1, 0.15) is 52.5 Å². The second kappa shape index (κ2) is 8.79. The fourth-order valence-electron chi connectivity index (χ4n) is 3.48. The molecule has 0 aliphatic heterocycles. The first kappa shape index (κ1) is 20.3. The molecule has 0 bridgehead atoms.